The van der Waals surface area contributed by atoms with Crippen LogP contribution in [0.3, 0.4) is 0 Å². The quantitative estimate of drug-likeness (QED) is 0.223. The Labute approximate surface area is 248 Å². The predicted molar refractivity (Wildman–Crippen MR) is 160 cm³/mol. The highest BCUT2D eigenvalue weighted by molar-refractivity contribution is 6.05. The SMILES string of the molecule is Cc1cn(-c2cc(C(=O)Nc3ccc(C)c(-c4cc5c(ccn5-c5ncnc6[nH]ccc56)cn4)c3)cc(C(F)(F)F)c2)cn1. The summed E-state index contributed by atoms with van der Waals surface area (Å²) in [5.41, 5.74) is 4.06. The first kappa shape index (κ1) is 27.1. The molecule has 0 bridgehead atoms. The third-order valence-electron chi connectivity index (χ3n) is 7.42. The summed E-state index contributed by atoms with van der Waals surface area (Å²) in [7, 11) is 0. The molecule has 0 saturated heterocycles. The van der Waals surface area contributed by atoms with Gasteiger partial charge < -0.3 is 19.4 Å². The van der Waals surface area contributed by atoms with Gasteiger partial charge in [0.15, 0.2) is 0 Å². The van der Waals surface area contributed by atoms with Gasteiger partial charge in [-0.15, -0.1) is 0 Å². The van der Waals surface area contributed by atoms with Gasteiger partial charge in [0.05, 0.1) is 34.2 Å². The van der Waals surface area contributed by atoms with Crippen LogP contribution in [0.4, 0.5) is 18.9 Å². The smallest absolute Gasteiger partial charge is 0.346 e. The van der Waals surface area contributed by atoms with Gasteiger partial charge in [0, 0.05) is 52.7 Å². The van der Waals surface area contributed by atoms with E-state index in [2.05, 4.69) is 30.2 Å². The number of H-pyrrole nitrogens is 1. The Hall–Kier alpha value is -5.78. The Morgan fingerprint density at radius 1 is 0.955 bits per heavy atom. The molecule has 0 atom stereocenters. The zero-order valence-electron chi connectivity index (χ0n) is 23.4. The van der Waals surface area contributed by atoms with Gasteiger partial charge in [-0.2, -0.15) is 13.2 Å². The number of pyridine rings is 1. The number of benzene rings is 2. The molecule has 218 valence electrons. The Kier molecular flexibility index (Phi) is 6.27. The topological polar surface area (TPSA) is 106 Å². The number of nitrogens with one attached hydrogen (secondary N) is 2. The number of carbonyl (C=O) groups excluding carboxylic acids is 1. The highest BCUT2D eigenvalue weighted by Gasteiger charge is 2.32. The van der Waals surface area contributed by atoms with Crippen molar-refractivity contribution in [2.45, 2.75) is 20.0 Å². The molecule has 0 spiro atoms. The first-order valence-electron chi connectivity index (χ1n) is 13.6. The summed E-state index contributed by atoms with van der Waals surface area (Å²) in [4.78, 5) is 33.9. The number of anilines is 1. The molecule has 0 unspecified atom stereocenters. The van der Waals surface area contributed by atoms with Crippen LogP contribution in [0.15, 0.2) is 92.0 Å². The van der Waals surface area contributed by atoms with Crippen molar-refractivity contribution in [3.63, 3.8) is 0 Å². The van der Waals surface area contributed by atoms with Gasteiger partial charge in [-0.05, 0) is 67.9 Å². The fraction of sp³-hybridized carbons (Fsp3) is 0.0938. The number of imidazole rings is 1. The second-order valence-corrected chi connectivity index (χ2v) is 10.4. The van der Waals surface area contributed by atoms with Crippen LogP contribution in [0, 0.1) is 13.8 Å². The molecule has 5 heterocycles. The normalized spacial score (nSPS) is 11.8. The summed E-state index contributed by atoms with van der Waals surface area (Å²) in [6, 6.07) is 14.3. The predicted octanol–water partition coefficient (Wildman–Crippen LogP) is 7.04. The molecule has 2 N–H and O–H groups in total. The van der Waals surface area contributed by atoms with E-state index in [9.17, 15) is 18.0 Å². The molecule has 7 aromatic rings. The summed E-state index contributed by atoms with van der Waals surface area (Å²) < 4.78 is 44.7. The van der Waals surface area contributed by atoms with Crippen LogP contribution < -0.4 is 5.32 Å². The molecule has 0 radical (unpaired) electrons. The van der Waals surface area contributed by atoms with Crippen molar-refractivity contribution >= 4 is 33.5 Å². The molecule has 0 saturated carbocycles. The third kappa shape index (κ3) is 4.85. The maximum atomic E-state index is 13.8. The van der Waals surface area contributed by atoms with Gasteiger partial charge in [-0.3, -0.25) is 9.78 Å². The van der Waals surface area contributed by atoms with Crippen molar-refractivity contribution in [3.8, 4) is 22.8 Å². The summed E-state index contributed by atoms with van der Waals surface area (Å²) >= 11 is 0. The molecule has 0 aliphatic rings. The van der Waals surface area contributed by atoms with Gasteiger partial charge in [0.25, 0.3) is 5.91 Å². The Bertz CT molecular complexity index is 2210. The van der Waals surface area contributed by atoms with Crippen LogP contribution in [0.2, 0.25) is 0 Å². The Balaban J connectivity index is 1.24. The van der Waals surface area contributed by atoms with Gasteiger partial charge >= 0.3 is 6.18 Å². The fourth-order valence-electron chi connectivity index (χ4n) is 5.21. The lowest BCUT2D eigenvalue weighted by atomic mass is 10.0. The lowest BCUT2D eigenvalue weighted by Crippen LogP contribution is -2.15. The molecule has 2 aromatic carbocycles. The van der Waals surface area contributed by atoms with Crippen LogP contribution in [0.5, 0.6) is 0 Å². The van der Waals surface area contributed by atoms with Crippen LogP contribution in [-0.2, 0) is 6.18 Å². The summed E-state index contributed by atoms with van der Waals surface area (Å²) in [5, 5.41) is 4.53. The molecule has 0 aliphatic carbocycles. The fourth-order valence-corrected chi connectivity index (χ4v) is 5.21. The van der Waals surface area contributed by atoms with E-state index in [-0.39, 0.29) is 11.3 Å². The average Bonchev–Trinajstić information content (AvgIpc) is 3.77. The lowest BCUT2D eigenvalue weighted by Gasteiger charge is -2.14. The number of hydrogen-bond acceptors (Lipinski definition) is 5. The lowest BCUT2D eigenvalue weighted by molar-refractivity contribution is -0.137. The van der Waals surface area contributed by atoms with Gasteiger partial charge in [0.2, 0.25) is 0 Å². The molecule has 9 nitrogen and oxygen atoms in total. The Morgan fingerprint density at radius 2 is 1.82 bits per heavy atom. The number of aromatic amines is 1. The van der Waals surface area contributed by atoms with E-state index in [1.54, 1.807) is 31.5 Å². The number of rotatable bonds is 5. The van der Waals surface area contributed by atoms with Gasteiger partial charge in [-0.25, -0.2) is 15.0 Å². The minimum absolute atomic E-state index is 0.137. The van der Waals surface area contributed by atoms with E-state index in [4.69, 9.17) is 0 Å². The van der Waals surface area contributed by atoms with Crippen molar-refractivity contribution in [2.75, 3.05) is 5.32 Å². The number of aromatic nitrogens is 7. The number of halogens is 3. The maximum absolute atomic E-state index is 13.8. The van der Waals surface area contributed by atoms with E-state index in [0.717, 1.165) is 45.2 Å². The minimum atomic E-state index is -4.64. The van der Waals surface area contributed by atoms with Gasteiger partial charge in [0.1, 0.15) is 17.8 Å². The maximum Gasteiger partial charge on any atom is 0.416 e. The molecule has 0 fully saturated rings. The number of carbonyl (C=O) groups is 1. The van der Waals surface area contributed by atoms with Crippen LogP contribution in [0.25, 0.3) is 44.7 Å². The van der Waals surface area contributed by atoms with E-state index < -0.39 is 17.6 Å². The highest BCUT2D eigenvalue weighted by atomic mass is 19.4. The second-order valence-electron chi connectivity index (χ2n) is 10.4. The van der Waals surface area contributed by atoms with Crippen molar-refractivity contribution in [2.24, 2.45) is 0 Å². The number of nitrogens with zero attached hydrogens (tertiary/aromatic N) is 6. The molecule has 5 aromatic heterocycles. The van der Waals surface area contributed by atoms with E-state index in [0.29, 0.717) is 22.9 Å². The average molecular weight is 593 g/mol. The van der Waals surface area contributed by atoms with E-state index in [1.807, 2.05) is 48.1 Å². The third-order valence-corrected chi connectivity index (χ3v) is 7.42. The van der Waals surface area contributed by atoms with Crippen LogP contribution in [-0.4, -0.2) is 40.0 Å². The monoisotopic (exact) mass is 592 g/mol. The standard InChI is InChI=1S/C32H23F3N8O/c1-18-3-4-23(41-31(44)21-9-22(32(33,34)35)11-24(10-21)42-15-19(2)40-17-42)12-26(18)27-13-28-20(14-37-27)6-8-43(28)30-25-5-7-36-29(25)38-16-39-30/h3-17H,1-2H3,(H,41,44)(H,36,38,39). The largest absolute Gasteiger partial charge is 0.416 e. The zero-order valence-corrected chi connectivity index (χ0v) is 23.4. The minimum Gasteiger partial charge on any atom is -0.346 e. The summed E-state index contributed by atoms with van der Waals surface area (Å²) in [5.74, 6) is 0.0352. The van der Waals surface area contributed by atoms with E-state index in [1.165, 1.54) is 23.3 Å². The number of hydrogen-bond donors (Lipinski definition) is 2. The molecular weight excluding hydrogens is 569 g/mol. The van der Waals surface area contributed by atoms with Crippen LogP contribution in [0.1, 0.15) is 27.2 Å². The molecule has 7 rings (SSSR count). The molecule has 44 heavy (non-hydrogen) atoms. The first-order chi connectivity index (χ1) is 21.1. The molecule has 0 aliphatic heterocycles. The van der Waals surface area contributed by atoms with Crippen molar-refractivity contribution in [1.82, 2.24) is 34.1 Å². The highest BCUT2D eigenvalue weighted by Crippen LogP contribution is 2.33. The number of aryl methyl sites for hydroxylation is 2. The number of amides is 1. The molecular formula is C32H23F3N8O. The van der Waals surface area contributed by atoms with E-state index >= 15 is 0 Å². The Morgan fingerprint density at radius 3 is 2.61 bits per heavy atom. The number of fused-ring (bicyclic) bond motifs is 2. The van der Waals surface area contributed by atoms with Crippen LogP contribution >= 0.6 is 0 Å². The van der Waals surface area contributed by atoms with Crippen molar-refractivity contribution in [1.29, 1.82) is 0 Å². The van der Waals surface area contributed by atoms with Crippen molar-refractivity contribution in [3.05, 3.63) is 114 Å². The summed E-state index contributed by atoms with van der Waals surface area (Å²) in [6.45, 7) is 3.65. The number of alkyl halides is 3. The zero-order chi connectivity index (χ0) is 30.6. The second kappa shape index (κ2) is 10.2. The van der Waals surface area contributed by atoms with Crippen molar-refractivity contribution < 1.29 is 18.0 Å². The molecule has 1 amide bonds. The molecule has 12 heteroatoms. The van der Waals surface area contributed by atoms with Gasteiger partial charge in [-0.1, -0.05) is 6.07 Å². The summed E-state index contributed by atoms with van der Waals surface area (Å²) in [6.07, 6.45) is 5.36. The first-order valence-corrected chi connectivity index (χ1v) is 13.6.